The molecule has 0 unspecified atom stereocenters. The third-order valence-electron chi connectivity index (χ3n) is 1.62. The van der Waals surface area contributed by atoms with E-state index in [0.717, 1.165) is 0 Å². The minimum absolute atomic E-state index is 0.119. The summed E-state index contributed by atoms with van der Waals surface area (Å²) in [6.45, 7) is 1.11. The molecule has 0 spiro atoms. The fourth-order valence-electron chi connectivity index (χ4n) is 0.899. The van der Waals surface area contributed by atoms with Crippen LogP contribution in [-0.2, 0) is 9.47 Å². The van der Waals surface area contributed by atoms with E-state index in [0.29, 0.717) is 23.4 Å². The Morgan fingerprint density at radius 1 is 1.33 bits per heavy atom. The summed E-state index contributed by atoms with van der Waals surface area (Å²) < 4.78 is 28.4. The molecule has 0 saturated carbocycles. The van der Waals surface area contributed by atoms with E-state index in [1.54, 1.807) is 13.2 Å². The highest BCUT2D eigenvalue weighted by Gasteiger charge is 2.01. The lowest BCUT2D eigenvalue weighted by molar-refractivity contribution is -0.00882. The van der Waals surface area contributed by atoms with E-state index in [4.69, 9.17) is 14.2 Å². The summed E-state index contributed by atoms with van der Waals surface area (Å²) in [5, 5.41) is 0. The molecule has 0 heterocycles. The zero-order chi connectivity index (χ0) is 11.1. The number of ether oxygens (including phenoxy) is 3. The highest BCUT2D eigenvalue weighted by molar-refractivity contribution is 9.10. The van der Waals surface area contributed by atoms with Crippen molar-refractivity contribution in [2.24, 2.45) is 0 Å². The molecule has 0 fully saturated rings. The predicted molar refractivity (Wildman–Crippen MR) is 57.4 cm³/mol. The van der Waals surface area contributed by atoms with E-state index in [1.165, 1.54) is 12.1 Å². The molecule has 1 aromatic carbocycles. The average molecular weight is 279 g/mol. The molecular formula is C10H12BrFO3. The first-order valence-corrected chi connectivity index (χ1v) is 5.18. The second-order valence-corrected chi connectivity index (χ2v) is 3.59. The smallest absolute Gasteiger partial charge is 0.189 e. The van der Waals surface area contributed by atoms with Crippen LogP contribution in [0.2, 0.25) is 0 Å². The van der Waals surface area contributed by atoms with Gasteiger partial charge in [0, 0.05) is 7.11 Å². The van der Waals surface area contributed by atoms with Crippen LogP contribution in [0.3, 0.4) is 0 Å². The largest absolute Gasteiger partial charge is 0.466 e. The molecular weight excluding hydrogens is 267 g/mol. The molecule has 0 aromatic heterocycles. The SMILES string of the molecule is COCCOCOc1ccc(F)cc1Br. The molecule has 0 aliphatic heterocycles. The molecule has 1 aromatic rings. The quantitative estimate of drug-likeness (QED) is 0.591. The standard InChI is InChI=1S/C10H12BrFO3/c1-13-4-5-14-7-15-10-3-2-8(12)6-9(10)11/h2-3,6H,4-5,7H2,1H3. The Morgan fingerprint density at radius 2 is 2.13 bits per heavy atom. The minimum Gasteiger partial charge on any atom is -0.466 e. The average Bonchev–Trinajstić information content (AvgIpc) is 2.20. The Labute approximate surface area is 96.3 Å². The molecule has 0 aliphatic rings. The minimum atomic E-state index is -0.311. The summed E-state index contributed by atoms with van der Waals surface area (Å²) in [5.41, 5.74) is 0. The first-order chi connectivity index (χ1) is 7.24. The van der Waals surface area contributed by atoms with Crippen LogP contribution in [0.4, 0.5) is 4.39 Å². The predicted octanol–water partition coefficient (Wildman–Crippen LogP) is 2.59. The third kappa shape index (κ3) is 4.59. The van der Waals surface area contributed by atoms with Crippen LogP contribution in [0.25, 0.3) is 0 Å². The molecule has 0 N–H and O–H groups in total. The number of halogens is 2. The van der Waals surface area contributed by atoms with E-state index in [-0.39, 0.29) is 12.6 Å². The van der Waals surface area contributed by atoms with Crippen LogP contribution in [-0.4, -0.2) is 27.1 Å². The molecule has 3 nitrogen and oxygen atoms in total. The molecule has 15 heavy (non-hydrogen) atoms. The van der Waals surface area contributed by atoms with Gasteiger partial charge in [-0.1, -0.05) is 0 Å². The summed E-state index contributed by atoms with van der Waals surface area (Å²) in [7, 11) is 1.60. The summed E-state index contributed by atoms with van der Waals surface area (Å²) in [5.74, 6) is 0.239. The van der Waals surface area contributed by atoms with E-state index in [9.17, 15) is 4.39 Å². The monoisotopic (exact) mass is 278 g/mol. The van der Waals surface area contributed by atoms with Crippen molar-refractivity contribution in [1.29, 1.82) is 0 Å². The van der Waals surface area contributed by atoms with Crippen molar-refractivity contribution in [2.75, 3.05) is 27.1 Å². The zero-order valence-corrected chi connectivity index (χ0v) is 9.92. The van der Waals surface area contributed by atoms with Gasteiger partial charge < -0.3 is 14.2 Å². The second kappa shape index (κ2) is 6.76. The van der Waals surface area contributed by atoms with Crippen molar-refractivity contribution in [2.45, 2.75) is 0 Å². The van der Waals surface area contributed by atoms with Crippen molar-refractivity contribution >= 4 is 15.9 Å². The summed E-state index contributed by atoms with van der Waals surface area (Å²) >= 11 is 3.18. The molecule has 0 bridgehead atoms. The maximum Gasteiger partial charge on any atom is 0.189 e. The number of methoxy groups -OCH3 is 1. The summed E-state index contributed by atoms with van der Waals surface area (Å²) in [6.07, 6.45) is 0. The van der Waals surface area contributed by atoms with Gasteiger partial charge in [0.1, 0.15) is 11.6 Å². The molecule has 0 radical (unpaired) electrons. The van der Waals surface area contributed by atoms with Gasteiger partial charge in [0.25, 0.3) is 0 Å². The lowest BCUT2D eigenvalue weighted by Gasteiger charge is -2.08. The van der Waals surface area contributed by atoms with Crippen LogP contribution >= 0.6 is 15.9 Å². The molecule has 5 heteroatoms. The Bertz CT molecular complexity index is 307. The fourth-order valence-corrected chi connectivity index (χ4v) is 1.36. The summed E-state index contributed by atoms with van der Waals surface area (Å²) in [6, 6.07) is 4.21. The van der Waals surface area contributed by atoms with Crippen molar-refractivity contribution in [3.8, 4) is 5.75 Å². The van der Waals surface area contributed by atoms with Gasteiger partial charge in [-0.15, -0.1) is 0 Å². The zero-order valence-electron chi connectivity index (χ0n) is 8.33. The van der Waals surface area contributed by atoms with E-state index in [1.807, 2.05) is 0 Å². The van der Waals surface area contributed by atoms with Crippen molar-refractivity contribution in [3.63, 3.8) is 0 Å². The second-order valence-electron chi connectivity index (χ2n) is 2.74. The van der Waals surface area contributed by atoms with Gasteiger partial charge in [0.2, 0.25) is 0 Å². The number of benzene rings is 1. The number of hydrogen-bond donors (Lipinski definition) is 0. The van der Waals surface area contributed by atoms with Crippen molar-refractivity contribution in [1.82, 2.24) is 0 Å². The number of hydrogen-bond acceptors (Lipinski definition) is 3. The molecule has 84 valence electrons. The van der Waals surface area contributed by atoms with E-state index in [2.05, 4.69) is 15.9 Å². The van der Waals surface area contributed by atoms with Crippen LogP contribution in [0.5, 0.6) is 5.75 Å². The topological polar surface area (TPSA) is 27.7 Å². The Balaban J connectivity index is 2.31. The Morgan fingerprint density at radius 3 is 2.80 bits per heavy atom. The van der Waals surface area contributed by atoms with Crippen molar-refractivity contribution in [3.05, 3.63) is 28.5 Å². The third-order valence-corrected chi connectivity index (χ3v) is 2.24. The van der Waals surface area contributed by atoms with Crippen LogP contribution < -0.4 is 4.74 Å². The van der Waals surface area contributed by atoms with Gasteiger partial charge in [-0.25, -0.2) is 4.39 Å². The van der Waals surface area contributed by atoms with Crippen LogP contribution in [0, 0.1) is 5.82 Å². The fraction of sp³-hybridized carbons (Fsp3) is 0.400. The Hall–Kier alpha value is -0.650. The Kier molecular flexibility index (Phi) is 5.60. The molecule has 0 atom stereocenters. The van der Waals surface area contributed by atoms with Crippen molar-refractivity contribution < 1.29 is 18.6 Å². The molecule has 0 amide bonds. The van der Waals surface area contributed by atoms with E-state index >= 15 is 0 Å². The van der Waals surface area contributed by atoms with Gasteiger partial charge in [0.15, 0.2) is 6.79 Å². The van der Waals surface area contributed by atoms with Gasteiger partial charge >= 0.3 is 0 Å². The lowest BCUT2D eigenvalue weighted by atomic mass is 10.3. The van der Waals surface area contributed by atoms with Crippen LogP contribution in [0.15, 0.2) is 22.7 Å². The van der Waals surface area contributed by atoms with Gasteiger partial charge in [-0.05, 0) is 34.1 Å². The maximum atomic E-state index is 12.7. The van der Waals surface area contributed by atoms with E-state index < -0.39 is 0 Å². The van der Waals surface area contributed by atoms with Gasteiger partial charge in [-0.2, -0.15) is 0 Å². The normalized spacial score (nSPS) is 10.3. The highest BCUT2D eigenvalue weighted by atomic mass is 79.9. The maximum absolute atomic E-state index is 12.7. The first-order valence-electron chi connectivity index (χ1n) is 4.38. The van der Waals surface area contributed by atoms with Crippen LogP contribution in [0.1, 0.15) is 0 Å². The van der Waals surface area contributed by atoms with Gasteiger partial charge in [-0.3, -0.25) is 0 Å². The molecule has 0 aliphatic carbocycles. The van der Waals surface area contributed by atoms with Gasteiger partial charge in [0.05, 0.1) is 17.7 Å². The summed E-state index contributed by atoms with van der Waals surface area (Å²) in [4.78, 5) is 0. The highest BCUT2D eigenvalue weighted by Crippen LogP contribution is 2.25. The number of rotatable bonds is 6. The lowest BCUT2D eigenvalue weighted by Crippen LogP contribution is -2.07. The molecule has 1 rings (SSSR count). The first kappa shape index (κ1) is 12.4. The molecule has 0 saturated heterocycles.